The maximum absolute atomic E-state index is 6.06. The van der Waals surface area contributed by atoms with E-state index in [-0.39, 0.29) is 0 Å². The van der Waals surface area contributed by atoms with Crippen molar-refractivity contribution in [1.29, 1.82) is 0 Å². The number of aromatic nitrogens is 2. The Balaban J connectivity index is 1.80. The van der Waals surface area contributed by atoms with E-state index in [1.165, 1.54) is 30.7 Å². The molecule has 3 heterocycles. The van der Waals surface area contributed by atoms with Gasteiger partial charge in [0.25, 0.3) is 0 Å². The summed E-state index contributed by atoms with van der Waals surface area (Å²) in [4.78, 5) is 13.5. The van der Waals surface area contributed by atoms with Crippen LogP contribution in [0.3, 0.4) is 0 Å². The fourth-order valence-corrected chi connectivity index (χ4v) is 4.06. The van der Waals surface area contributed by atoms with E-state index in [1.54, 1.807) is 11.3 Å². The highest BCUT2D eigenvalue weighted by Gasteiger charge is 2.19. The Labute approximate surface area is 134 Å². The number of piperidine rings is 1. The highest BCUT2D eigenvalue weighted by Crippen LogP contribution is 2.30. The lowest BCUT2D eigenvalue weighted by atomic mass is 10.0. The number of halogens is 1. The molecule has 1 N–H and O–H groups in total. The van der Waals surface area contributed by atoms with Crippen LogP contribution in [0.5, 0.6) is 0 Å². The Morgan fingerprint density at radius 1 is 1.43 bits per heavy atom. The minimum absolute atomic E-state index is 0.325. The number of hydrogen-bond donors (Lipinski definition) is 1. The van der Waals surface area contributed by atoms with E-state index < -0.39 is 0 Å². The second kappa shape index (κ2) is 6.46. The molecule has 6 heteroatoms. The first-order valence-electron chi connectivity index (χ1n) is 7.57. The standard InChI is InChI=1S/C15H21ClN4S/c1-3-11-8-12-13(18-15(16)19-14(12)21-11)17-9-10-6-4-5-7-20(10)2/h8,10H,3-7,9H2,1-2H3,(H,17,18,19). The van der Waals surface area contributed by atoms with Crippen molar-refractivity contribution in [1.82, 2.24) is 14.9 Å². The third kappa shape index (κ3) is 3.30. The summed E-state index contributed by atoms with van der Waals surface area (Å²) in [6, 6.07) is 2.76. The van der Waals surface area contributed by atoms with Crippen LogP contribution in [-0.4, -0.2) is 41.0 Å². The number of likely N-dealkylation sites (N-methyl/N-ethyl adjacent to an activating group) is 1. The normalized spacial score (nSPS) is 20.0. The molecule has 1 aliphatic rings. The Morgan fingerprint density at radius 2 is 2.29 bits per heavy atom. The van der Waals surface area contributed by atoms with Crippen LogP contribution < -0.4 is 5.32 Å². The van der Waals surface area contributed by atoms with Crippen LogP contribution >= 0.6 is 22.9 Å². The summed E-state index contributed by atoms with van der Waals surface area (Å²) in [7, 11) is 2.20. The molecule has 0 amide bonds. The van der Waals surface area contributed by atoms with Crippen LogP contribution in [0.2, 0.25) is 5.28 Å². The monoisotopic (exact) mass is 324 g/mol. The van der Waals surface area contributed by atoms with Crippen LogP contribution in [0.15, 0.2) is 6.07 Å². The van der Waals surface area contributed by atoms with E-state index in [0.29, 0.717) is 11.3 Å². The maximum atomic E-state index is 6.06. The van der Waals surface area contributed by atoms with Gasteiger partial charge in [-0.15, -0.1) is 11.3 Å². The number of likely N-dealkylation sites (tertiary alicyclic amines) is 1. The summed E-state index contributed by atoms with van der Waals surface area (Å²) in [5, 5.41) is 4.92. The van der Waals surface area contributed by atoms with E-state index in [0.717, 1.165) is 29.0 Å². The predicted octanol–water partition coefficient (Wildman–Crippen LogP) is 3.80. The molecule has 0 aromatic carbocycles. The zero-order chi connectivity index (χ0) is 14.8. The fraction of sp³-hybridized carbons (Fsp3) is 0.600. The molecule has 1 aliphatic heterocycles. The van der Waals surface area contributed by atoms with E-state index in [4.69, 9.17) is 11.6 Å². The molecule has 1 fully saturated rings. The van der Waals surface area contributed by atoms with Gasteiger partial charge in [0.2, 0.25) is 5.28 Å². The molecular formula is C15H21ClN4S. The average molecular weight is 325 g/mol. The van der Waals surface area contributed by atoms with Gasteiger partial charge in [-0.2, -0.15) is 0 Å². The summed E-state index contributed by atoms with van der Waals surface area (Å²) in [6.45, 7) is 4.25. The second-order valence-corrected chi connectivity index (χ2v) is 7.09. The minimum atomic E-state index is 0.325. The molecule has 21 heavy (non-hydrogen) atoms. The number of rotatable bonds is 4. The van der Waals surface area contributed by atoms with Gasteiger partial charge >= 0.3 is 0 Å². The van der Waals surface area contributed by atoms with Crippen LogP contribution in [-0.2, 0) is 6.42 Å². The second-order valence-electron chi connectivity index (χ2n) is 5.64. The Bertz CT molecular complexity index is 627. The van der Waals surface area contributed by atoms with Gasteiger partial charge in [0.05, 0.1) is 5.39 Å². The number of nitrogens with one attached hydrogen (secondary N) is 1. The largest absolute Gasteiger partial charge is 0.368 e. The summed E-state index contributed by atoms with van der Waals surface area (Å²) in [5.41, 5.74) is 0. The molecule has 4 nitrogen and oxygen atoms in total. The lowest BCUT2D eigenvalue weighted by Crippen LogP contribution is -2.40. The first-order valence-corrected chi connectivity index (χ1v) is 8.77. The first kappa shape index (κ1) is 15.0. The molecule has 1 unspecified atom stereocenters. The molecule has 2 aromatic heterocycles. The van der Waals surface area contributed by atoms with Crippen LogP contribution in [0.25, 0.3) is 10.2 Å². The van der Waals surface area contributed by atoms with Crippen molar-refractivity contribution in [3.8, 4) is 0 Å². The van der Waals surface area contributed by atoms with Gasteiger partial charge in [-0.3, -0.25) is 0 Å². The molecule has 0 radical (unpaired) electrons. The molecule has 0 saturated carbocycles. The third-order valence-electron chi connectivity index (χ3n) is 4.19. The quantitative estimate of drug-likeness (QED) is 0.868. The molecule has 1 saturated heterocycles. The van der Waals surface area contributed by atoms with Crippen LogP contribution in [0.4, 0.5) is 5.82 Å². The zero-order valence-electron chi connectivity index (χ0n) is 12.5. The van der Waals surface area contributed by atoms with E-state index >= 15 is 0 Å². The number of fused-ring (bicyclic) bond motifs is 1. The van der Waals surface area contributed by atoms with Gasteiger partial charge in [0.15, 0.2) is 0 Å². The number of thiophene rings is 1. The highest BCUT2D eigenvalue weighted by atomic mass is 35.5. The lowest BCUT2D eigenvalue weighted by molar-refractivity contribution is 0.194. The summed E-state index contributed by atoms with van der Waals surface area (Å²) in [5.74, 6) is 0.875. The Morgan fingerprint density at radius 3 is 3.05 bits per heavy atom. The molecule has 1 atom stereocenters. The van der Waals surface area contributed by atoms with Gasteiger partial charge in [0, 0.05) is 17.5 Å². The minimum Gasteiger partial charge on any atom is -0.368 e. The van der Waals surface area contributed by atoms with E-state index in [2.05, 4.69) is 40.2 Å². The molecule has 3 rings (SSSR count). The number of hydrogen-bond acceptors (Lipinski definition) is 5. The van der Waals surface area contributed by atoms with Crippen LogP contribution in [0, 0.1) is 0 Å². The van der Waals surface area contributed by atoms with Gasteiger partial charge in [0.1, 0.15) is 10.6 Å². The summed E-state index contributed by atoms with van der Waals surface area (Å²) >= 11 is 7.76. The molecule has 114 valence electrons. The molecule has 0 spiro atoms. The van der Waals surface area contributed by atoms with Crippen molar-refractivity contribution in [2.24, 2.45) is 0 Å². The predicted molar refractivity (Wildman–Crippen MR) is 90.6 cm³/mol. The SMILES string of the molecule is CCc1cc2c(NCC3CCCCN3C)nc(Cl)nc2s1. The van der Waals surface area contributed by atoms with Crippen molar-refractivity contribution in [3.63, 3.8) is 0 Å². The summed E-state index contributed by atoms with van der Waals surface area (Å²) < 4.78 is 0. The molecule has 0 bridgehead atoms. The van der Waals surface area contributed by atoms with Gasteiger partial charge in [-0.25, -0.2) is 9.97 Å². The number of nitrogens with zero attached hydrogens (tertiary/aromatic N) is 3. The van der Waals surface area contributed by atoms with E-state index in [1.807, 2.05) is 0 Å². The molecular weight excluding hydrogens is 304 g/mol. The van der Waals surface area contributed by atoms with Crippen molar-refractivity contribution in [3.05, 3.63) is 16.2 Å². The van der Waals surface area contributed by atoms with Gasteiger partial charge in [-0.05, 0) is 50.5 Å². The van der Waals surface area contributed by atoms with E-state index in [9.17, 15) is 0 Å². The topological polar surface area (TPSA) is 41.0 Å². The Kier molecular flexibility index (Phi) is 4.62. The smallest absolute Gasteiger partial charge is 0.225 e. The number of aryl methyl sites for hydroxylation is 1. The Hall–Kier alpha value is -0.910. The van der Waals surface area contributed by atoms with Crippen molar-refractivity contribution in [2.75, 3.05) is 25.5 Å². The van der Waals surface area contributed by atoms with Crippen molar-refractivity contribution in [2.45, 2.75) is 38.6 Å². The first-order chi connectivity index (χ1) is 10.2. The van der Waals surface area contributed by atoms with Gasteiger partial charge in [-0.1, -0.05) is 13.3 Å². The lowest BCUT2D eigenvalue weighted by Gasteiger charge is -2.32. The van der Waals surface area contributed by atoms with Crippen molar-refractivity contribution >= 4 is 39.0 Å². The molecule has 0 aliphatic carbocycles. The number of anilines is 1. The fourth-order valence-electron chi connectivity index (χ4n) is 2.87. The highest BCUT2D eigenvalue weighted by molar-refractivity contribution is 7.18. The van der Waals surface area contributed by atoms with Gasteiger partial charge < -0.3 is 10.2 Å². The maximum Gasteiger partial charge on any atom is 0.225 e. The third-order valence-corrected chi connectivity index (χ3v) is 5.53. The van der Waals surface area contributed by atoms with Crippen molar-refractivity contribution < 1.29 is 0 Å². The van der Waals surface area contributed by atoms with Crippen LogP contribution in [0.1, 0.15) is 31.1 Å². The molecule has 2 aromatic rings. The average Bonchev–Trinajstić information content (AvgIpc) is 2.89. The summed E-state index contributed by atoms with van der Waals surface area (Å²) in [6.07, 6.45) is 4.88. The zero-order valence-corrected chi connectivity index (χ0v) is 14.1.